The lowest BCUT2D eigenvalue weighted by Gasteiger charge is -2.36. The minimum absolute atomic E-state index is 0.120. The van der Waals surface area contributed by atoms with Gasteiger partial charge >= 0.3 is 6.09 Å². The van der Waals surface area contributed by atoms with Crippen LogP contribution in [0.15, 0.2) is 54.6 Å². The van der Waals surface area contributed by atoms with Gasteiger partial charge in [0.1, 0.15) is 12.6 Å². The quantitative estimate of drug-likeness (QED) is 0.375. The van der Waals surface area contributed by atoms with Crippen molar-refractivity contribution in [2.45, 2.75) is 31.9 Å². The number of nitrogens with zero attached hydrogens (tertiary/aromatic N) is 3. The Kier molecular flexibility index (Phi) is 9.90. The van der Waals surface area contributed by atoms with Crippen molar-refractivity contribution in [1.29, 1.82) is 0 Å². The van der Waals surface area contributed by atoms with Gasteiger partial charge in [-0.05, 0) is 30.9 Å². The molecular formula is C24H31N5O4S. The van der Waals surface area contributed by atoms with E-state index >= 15 is 0 Å². The topological polar surface area (TPSA) is 104 Å². The van der Waals surface area contributed by atoms with E-state index in [-0.39, 0.29) is 18.4 Å². The van der Waals surface area contributed by atoms with Crippen LogP contribution in [0.2, 0.25) is 0 Å². The standard InChI is InChI=1S/C24H31N5O4S/c1-2-21(30)25-11-7-6-10-20(27-24(32)33-18-19-8-4-3-5-9-19)22(31)28-13-15-29(16-14-28)23-26-12-17-34-23/h2-5,8-9,12,17,20H,1,6-7,10-11,13-16,18H2,(H,25,30)(H,27,32)/t20-/m0/s1. The minimum atomic E-state index is -0.690. The third-order valence-electron chi connectivity index (χ3n) is 5.49. The summed E-state index contributed by atoms with van der Waals surface area (Å²) in [7, 11) is 0. The van der Waals surface area contributed by atoms with Crippen molar-refractivity contribution in [3.05, 3.63) is 60.1 Å². The Labute approximate surface area is 203 Å². The number of hydrogen-bond donors (Lipinski definition) is 2. The van der Waals surface area contributed by atoms with Gasteiger partial charge in [0.05, 0.1) is 0 Å². The first-order valence-electron chi connectivity index (χ1n) is 11.4. The highest BCUT2D eigenvalue weighted by atomic mass is 32.1. The highest BCUT2D eigenvalue weighted by Crippen LogP contribution is 2.19. The smallest absolute Gasteiger partial charge is 0.408 e. The summed E-state index contributed by atoms with van der Waals surface area (Å²) in [5.74, 6) is -0.348. The van der Waals surface area contributed by atoms with Crippen LogP contribution < -0.4 is 15.5 Å². The molecule has 0 unspecified atom stereocenters. The molecule has 9 nitrogen and oxygen atoms in total. The molecule has 10 heteroatoms. The van der Waals surface area contributed by atoms with E-state index in [1.165, 1.54) is 6.08 Å². The Hall–Kier alpha value is -3.40. The van der Waals surface area contributed by atoms with E-state index in [1.807, 2.05) is 35.7 Å². The Balaban J connectivity index is 1.52. The Morgan fingerprint density at radius 1 is 1.15 bits per heavy atom. The van der Waals surface area contributed by atoms with Gasteiger partial charge < -0.3 is 25.2 Å². The van der Waals surface area contributed by atoms with Crippen LogP contribution >= 0.6 is 11.3 Å². The summed E-state index contributed by atoms with van der Waals surface area (Å²) >= 11 is 1.58. The van der Waals surface area contributed by atoms with Crippen LogP contribution in [0.1, 0.15) is 24.8 Å². The summed E-state index contributed by atoms with van der Waals surface area (Å²) < 4.78 is 5.33. The monoisotopic (exact) mass is 485 g/mol. The number of ether oxygens (including phenoxy) is 1. The first-order valence-corrected chi connectivity index (χ1v) is 12.3. The lowest BCUT2D eigenvalue weighted by molar-refractivity contribution is -0.134. The Morgan fingerprint density at radius 2 is 1.91 bits per heavy atom. The second-order valence-corrected chi connectivity index (χ2v) is 8.75. The van der Waals surface area contributed by atoms with Gasteiger partial charge in [0.15, 0.2) is 5.13 Å². The van der Waals surface area contributed by atoms with E-state index in [0.29, 0.717) is 52.0 Å². The number of carbonyl (C=O) groups excluding carboxylic acids is 3. The fourth-order valence-electron chi connectivity index (χ4n) is 3.63. The summed E-state index contributed by atoms with van der Waals surface area (Å²) in [4.78, 5) is 45.3. The van der Waals surface area contributed by atoms with Crippen molar-refractivity contribution in [3.8, 4) is 0 Å². The zero-order chi connectivity index (χ0) is 24.2. The SMILES string of the molecule is C=CC(=O)NCCCC[C@H](NC(=O)OCc1ccccc1)C(=O)N1CCN(c2nccs2)CC1. The number of unbranched alkanes of at least 4 members (excludes halogenated alkanes) is 1. The molecule has 1 aromatic carbocycles. The van der Waals surface area contributed by atoms with E-state index < -0.39 is 12.1 Å². The van der Waals surface area contributed by atoms with Crippen LogP contribution in [0.4, 0.5) is 9.93 Å². The molecule has 182 valence electrons. The molecule has 0 saturated carbocycles. The third kappa shape index (κ3) is 7.87. The van der Waals surface area contributed by atoms with Gasteiger partial charge in [0.25, 0.3) is 0 Å². The van der Waals surface area contributed by atoms with Crippen molar-refractivity contribution in [2.24, 2.45) is 0 Å². The number of hydrogen-bond acceptors (Lipinski definition) is 7. The van der Waals surface area contributed by atoms with Crippen LogP contribution in [0.25, 0.3) is 0 Å². The summed E-state index contributed by atoms with van der Waals surface area (Å²) in [5, 5.41) is 8.36. The molecule has 1 aliphatic rings. The third-order valence-corrected chi connectivity index (χ3v) is 6.32. The summed E-state index contributed by atoms with van der Waals surface area (Å²) in [6, 6.07) is 8.69. The lowest BCUT2D eigenvalue weighted by Crippen LogP contribution is -2.55. The molecule has 2 N–H and O–H groups in total. The Morgan fingerprint density at radius 3 is 2.59 bits per heavy atom. The van der Waals surface area contributed by atoms with Gasteiger partial charge in [-0.15, -0.1) is 11.3 Å². The van der Waals surface area contributed by atoms with Gasteiger partial charge in [-0.25, -0.2) is 9.78 Å². The van der Waals surface area contributed by atoms with Crippen molar-refractivity contribution < 1.29 is 19.1 Å². The van der Waals surface area contributed by atoms with E-state index in [9.17, 15) is 14.4 Å². The van der Waals surface area contributed by atoms with E-state index in [4.69, 9.17) is 4.74 Å². The first kappa shape index (κ1) is 25.2. The number of amides is 3. The molecule has 2 heterocycles. The van der Waals surface area contributed by atoms with Crippen LogP contribution in [0.5, 0.6) is 0 Å². The molecule has 34 heavy (non-hydrogen) atoms. The molecule has 1 atom stereocenters. The summed E-state index contributed by atoms with van der Waals surface area (Å²) in [5.41, 5.74) is 0.872. The molecule has 0 radical (unpaired) electrons. The number of carbonyl (C=O) groups is 3. The van der Waals surface area contributed by atoms with Gasteiger partial charge in [-0.2, -0.15) is 0 Å². The zero-order valence-electron chi connectivity index (χ0n) is 19.2. The predicted molar refractivity (Wildman–Crippen MR) is 132 cm³/mol. The van der Waals surface area contributed by atoms with Crippen molar-refractivity contribution in [2.75, 3.05) is 37.6 Å². The molecule has 0 aliphatic carbocycles. The molecule has 1 aromatic heterocycles. The Bertz CT molecular complexity index is 930. The molecule has 1 aliphatic heterocycles. The van der Waals surface area contributed by atoms with Crippen molar-refractivity contribution >= 4 is 34.4 Å². The number of rotatable bonds is 11. The maximum atomic E-state index is 13.3. The first-order chi connectivity index (χ1) is 16.6. The van der Waals surface area contributed by atoms with E-state index in [2.05, 4.69) is 27.1 Å². The largest absolute Gasteiger partial charge is 0.445 e. The molecule has 1 saturated heterocycles. The number of anilines is 1. The number of aromatic nitrogens is 1. The zero-order valence-corrected chi connectivity index (χ0v) is 20.0. The number of alkyl carbamates (subject to hydrolysis) is 1. The molecule has 1 fully saturated rings. The molecule has 2 aromatic rings. The number of piperazine rings is 1. The minimum Gasteiger partial charge on any atom is -0.445 e. The van der Waals surface area contributed by atoms with Crippen molar-refractivity contribution in [3.63, 3.8) is 0 Å². The number of nitrogens with one attached hydrogen (secondary N) is 2. The second-order valence-electron chi connectivity index (χ2n) is 7.88. The molecular weight excluding hydrogens is 454 g/mol. The van der Waals surface area contributed by atoms with Crippen LogP contribution in [-0.4, -0.2) is 66.6 Å². The molecule has 3 amide bonds. The second kappa shape index (κ2) is 13.3. The maximum Gasteiger partial charge on any atom is 0.408 e. The van der Waals surface area contributed by atoms with Gasteiger partial charge in [0.2, 0.25) is 11.8 Å². The number of benzene rings is 1. The van der Waals surface area contributed by atoms with E-state index in [0.717, 1.165) is 10.7 Å². The molecule has 0 bridgehead atoms. The predicted octanol–water partition coefficient (Wildman–Crippen LogP) is 2.56. The van der Waals surface area contributed by atoms with Gasteiger partial charge in [-0.3, -0.25) is 9.59 Å². The average molecular weight is 486 g/mol. The average Bonchev–Trinajstić information content (AvgIpc) is 3.42. The molecule has 3 rings (SSSR count). The summed E-state index contributed by atoms with van der Waals surface area (Å²) in [6.45, 7) is 6.55. The fraction of sp³-hybridized carbons (Fsp3) is 0.417. The molecule has 0 spiro atoms. The lowest BCUT2D eigenvalue weighted by atomic mass is 10.1. The van der Waals surface area contributed by atoms with Crippen LogP contribution in [0, 0.1) is 0 Å². The van der Waals surface area contributed by atoms with Gasteiger partial charge in [0, 0.05) is 44.3 Å². The van der Waals surface area contributed by atoms with Crippen LogP contribution in [0.3, 0.4) is 0 Å². The van der Waals surface area contributed by atoms with Gasteiger partial charge in [-0.1, -0.05) is 36.9 Å². The normalized spacial score (nSPS) is 14.2. The van der Waals surface area contributed by atoms with Crippen LogP contribution in [-0.2, 0) is 20.9 Å². The summed E-state index contributed by atoms with van der Waals surface area (Å²) in [6.07, 6.45) is 4.17. The highest BCUT2D eigenvalue weighted by Gasteiger charge is 2.29. The van der Waals surface area contributed by atoms with Crippen molar-refractivity contribution in [1.82, 2.24) is 20.5 Å². The maximum absolute atomic E-state index is 13.3. The fourth-order valence-corrected chi connectivity index (χ4v) is 4.33. The number of thiazole rings is 1. The van der Waals surface area contributed by atoms with E-state index in [1.54, 1.807) is 22.4 Å². The highest BCUT2D eigenvalue weighted by molar-refractivity contribution is 7.13.